The van der Waals surface area contributed by atoms with Crippen molar-refractivity contribution in [2.45, 2.75) is 11.5 Å². The zero-order valence-electron chi connectivity index (χ0n) is 9.07. The Morgan fingerprint density at radius 3 is 2.47 bits per heavy atom. The van der Waals surface area contributed by atoms with Crippen molar-refractivity contribution >= 4 is 27.9 Å². The third-order valence-corrected chi connectivity index (χ3v) is 2.87. The quantitative estimate of drug-likeness (QED) is 0.453. The molecule has 0 N–H and O–H groups in total. The van der Waals surface area contributed by atoms with E-state index in [-0.39, 0.29) is 0 Å². The van der Waals surface area contributed by atoms with Gasteiger partial charge < -0.3 is 4.74 Å². The molecule has 0 radical (unpaired) electrons. The van der Waals surface area contributed by atoms with E-state index in [9.17, 15) is 0 Å². The summed E-state index contributed by atoms with van der Waals surface area (Å²) in [6.45, 7) is 1.45. The van der Waals surface area contributed by atoms with Gasteiger partial charge in [-0.3, -0.25) is 4.31 Å². The molecule has 1 rings (SSSR count). The zero-order chi connectivity index (χ0) is 11.1. The first-order valence-electron chi connectivity index (χ1n) is 4.80. The Morgan fingerprint density at radius 2 is 1.93 bits per heavy atom. The molecule has 1 aromatic carbocycles. The van der Waals surface area contributed by atoms with Crippen LogP contribution in [0.4, 0.5) is 0 Å². The summed E-state index contributed by atoms with van der Waals surface area (Å²) in [5.41, 5.74) is 1.22. The van der Waals surface area contributed by atoms with Crippen LogP contribution in [-0.2, 0) is 11.3 Å². The van der Waals surface area contributed by atoms with Crippen LogP contribution in [0.5, 0.6) is 0 Å². The molecule has 2 nitrogen and oxygen atoms in total. The van der Waals surface area contributed by atoms with Crippen LogP contribution >= 0.6 is 27.9 Å². The van der Waals surface area contributed by atoms with E-state index in [2.05, 4.69) is 44.5 Å². The molecule has 0 heterocycles. The van der Waals surface area contributed by atoms with Crippen molar-refractivity contribution in [1.29, 1.82) is 0 Å². The Bertz CT molecular complexity index is 276. The van der Waals surface area contributed by atoms with Gasteiger partial charge in [0.25, 0.3) is 0 Å². The Hall–Kier alpha value is -0.0300. The smallest absolute Gasteiger partial charge is 0.0717 e. The molecule has 0 atom stereocenters. The molecular formula is C11H16BrNOS. The van der Waals surface area contributed by atoms with Gasteiger partial charge in [-0.1, -0.05) is 28.1 Å². The highest BCUT2D eigenvalue weighted by Crippen LogP contribution is 2.19. The minimum Gasteiger partial charge on any atom is -0.376 e. The van der Waals surface area contributed by atoms with Crippen LogP contribution < -0.4 is 0 Å². The molecule has 0 amide bonds. The Kier molecular flexibility index (Phi) is 6.32. The molecule has 1 aromatic rings. The van der Waals surface area contributed by atoms with E-state index in [1.165, 1.54) is 10.5 Å². The molecule has 0 bridgehead atoms. The lowest BCUT2D eigenvalue weighted by Crippen LogP contribution is -1.99. The molecule has 0 saturated carbocycles. The summed E-state index contributed by atoms with van der Waals surface area (Å²) in [5, 5.41) is 0.890. The molecular weight excluding hydrogens is 274 g/mol. The van der Waals surface area contributed by atoms with Gasteiger partial charge in [0.1, 0.15) is 0 Å². The molecule has 0 saturated heterocycles. The molecule has 0 aliphatic rings. The summed E-state index contributed by atoms with van der Waals surface area (Å²) in [4.78, 5) is 1.25. The minimum atomic E-state index is 0.693. The van der Waals surface area contributed by atoms with Crippen LogP contribution in [0, 0.1) is 0 Å². The van der Waals surface area contributed by atoms with E-state index >= 15 is 0 Å². The molecule has 0 spiro atoms. The summed E-state index contributed by atoms with van der Waals surface area (Å²) in [6, 6.07) is 8.47. The Morgan fingerprint density at radius 1 is 1.27 bits per heavy atom. The van der Waals surface area contributed by atoms with Crippen LogP contribution in [0.2, 0.25) is 0 Å². The molecule has 0 aliphatic heterocycles. The van der Waals surface area contributed by atoms with Crippen LogP contribution in [0.15, 0.2) is 29.2 Å². The summed E-state index contributed by atoms with van der Waals surface area (Å²) >= 11 is 5.05. The number of hydrogen-bond donors (Lipinski definition) is 0. The maximum Gasteiger partial charge on any atom is 0.0717 e. The minimum absolute atomic E-state index is 0.693. The number of hydrogen-bond acceptors (Lipinski definition) is 3. The predicted octanol–water partition coefficient (Wildman–Crippen LogP) is 3.17. The van der Waals surface area contributed by atoms with Gasteiger partial charge >= 0.3 is 0 Å². The maximum absolute atomic E-state index is 5.43. The average molecular weight is 290 g/mol. The monoisotopic (exact) mass is 289 g/mol. The normalized spacial score (nSPS) is 10.9. The Balaban J connectivity index is 2.42. The fourth-order valence-corrected chi connectivity index (χ4v) is 2.01. The number of benzene rings is 1. The highest BCUT2D eigenvalue weighted by atomic mass is 79.9. The first-order valence-corrected chi connectivity index (χ1v) is 6.70. The number of rotatable bonds is 6. The number of ether oxygens (including phenoxy) is 1. The number of nitrogens with zero attached hydrogens (tertiary/aromatic N) is 1. The molecule has 0 fully saturated rings. The number of alkyl halides is 1. The van der Waals surface area contributed by atoms with Gasteiger partial charge in [0.05, 0.1) is 13.2 Å². The van der Waals surface area contributed by atoms with Gasteiger partial charge in [-0.25, -0.2) is 0 Å². The average Bonchev–Trinajstić information content (AvgIpc) is 2.20. The van der Waals surface area contributed by atoms with Crippen molar-refractivity contribution in [2.24, 2.45) is 0 Å². The van der Waals surface area contributed by atoms with Gasteiger partial charge in [0.15, 0.2) is 0 Å². The molecule has 15 heavy (non-hydrogen) atoms. The second-order valence-electron chi connectivity index (χ2n) is 3.29. The summed E-state index contributed by atoms with van der Waals surface area (Å²) in [7, 11) is 4.08. The van der Waals surface area contributed by atoms with Crippen molar-refractivity contribution in [3.8, 4) is 0 Å². The third-order valence-electron chi connectivity index (χ3n) is 1.70. The second kappa shape index (κ2) is 7.28. The van der Waals surface area contributed by atoms with E-state index in [4.69, 9.17) is 4.74 Å². The van der Waals surface area contributed by atoms with E-state index in [1.54, 1.807) is 11.9 Å². The Labute approximate surface area is 104 Å². The zero-order valence-corrected chi connectivity index (χ0v) is 11.5. The molecule has 0 unspecified atom stereocenters. The van der Waals surface area contributed by atoms with E-state index in [1.807, 2.05) is 14.1 Å². The molecule has 0 aliphatic carbocycles. The predicted molar refractivity (Wildman–Crippen MR) is 69.4 cm³/mol. The van der Waals surface area contributed by atoms with Gasteiger partial charge in [-0.2, -0.15) is 0 Å². The van der Waals surface area contributed by atoms with Crippen LogP contribution in [0.1, 0.15) is 5.56 Å². The van der Waals surface area contributed by atoms with Gasteiger partial charge in [-0.15, -0.1) is 0 Å². The summed E-state index contributed by atoms with van der Waals surface area (Å²) in [5.74, 6) is 0. The van der Waals surface area contributed by atoms with Crippen LogP contribution in [0.3, 0.4) is 0 Å². The van der Waals surface area contributed by atoms with Crippen molar-refractivity contribution in [1.82, 2.24) is 4.31 Å². The van der Waals surface area contributed by atoms with E-state index in [0.717, 1.165) is 11.9 Å². The van der Waals surface area contributed by atoms with Crippen molar-refractivity contribution in [3.63, 3.8) is 0 Å². The van der Waals surface area contributed by atoms with Crippen LogP contribution in [-0.4, -0.2) is 30.3 Å². The third kappa shape index (κ3) is 5.56. The standard InChI is InChI=1S/C11H16BrNOS/c1-13(2)15-11-5-3-10(4-6-11)9-14-8-7-12/h3-6H,7-9H2,1-2H3. The summed E-state index contributed by atoms with van der Waals surface area (Å²) in [6.07, 6.45) is 0. The van der Waals surface area contributed by atoms with Crippen LogP contribution in [0.25, 0.3) is 0 Å². The van der Waals surface area contributed by atoms with Gasteiger partial charge in [-0.05, 0) is 43.7 Å². The highest BCUT2D eigenvalue weighted by Gasteiger charge is 1.97. The van der Waals surface area contributed by atoms with Crippen molar-refractivity contribution < 1.29 is 4.74 Å². The lowest BCUT2D eigenvalue weighted by atomic mass is 10.2. The first kappa shape index (κ1) is 13.0. The van der Waals surface area contributed by atoms with E-state index in [0.29, 0.717) is 6.61 Å². The topological polar surface area (TPSA) is 12.5 Å². The van der Waals surface area contributed by atoms with Gasteiger partial charge in [0, 0.05) is 10.2 Å². The summed E-state index contributed by atoms with van der Waals surface area (Å²) < 4.78 is 7.51. The van der Waals surface area contributed by atoms with Crippen molar-refractivity contribution in [2.75, 3.05) is 26.0 Å². The second-order valence-corrected chi connectivity index (χ2v) is 5.47. The maximum atomic E-state index is 5.43. The van der Waals surface area contributed by atoms with E-state index < -0.39 is 0 Å². The molecule has 4 heteroatoms. The van der Waals surface area contributed by atoms with Crippen molar-refractivity contribution in [3.05, 3.63) is 29.8 Å². The highest BCUT2D eigenvalue weighted by molar-refractivity contribution is 9.09. The largest absolute Gasteiger partial charge is 0.376 e. The number of halogens is 1. The SMILES string of the molecule is CN(C)Sc1ccc(COCCBr)cc1. The van der Waals surface area contributed by atoms with Gasteiger partial charge in [0.2, 0.25) is 0 Å². The molecule has 84 valence electrons. The first-order chi connectivity index (χ1) is 7.22. The fraction of sp³-hybridized carbons (Fsp3) is 0.455. The fourth-order valence-electron chi connectivity index (χ4n) is 1.10. The lowest BCUT2D eigenvalue weighted by Gasteiger charge is -2.08. The lowest BCUT2D eigenvalue weighted by molar-refractivity contribution is 0.137. The molecule has 0 aromatic heterocycles.